The van der Waals surface area contributed by atoms with Crippen LogP contribution in [0.25, 0.3) is 0 Å². The minimum atomic E-state index is -0.973. The number of nitrogens with zero attached hydrogens (tertiary/aromatic N) is 3. The van der Waals surface area contributed by atoms with Gasteiger partial charge in [0.2, 0.25) is 0 Å². The molecule has 0 aliphatic rings. The second-order valence-corrected chi connectivity index (χ2v) is 4.46. The van der Waals surface area contributed by atoms with Gasteiger partial charge in [0.15, 0.2) is 5.82 Å². The van der Waals surface area contributed by atoms with E-state index in [1.54, 1.807) is 4.90 Å². The van der Waals surface area contributed by atoms with Gasteiger partial charge in [-0.2, -0.15) is 5.10 Å². The topological polar surface area (TPSA) is 66.3 Å². The van der Waals surface area contributed by atoms with Crippen molar-refractivity contribution < 1.29 is 9.90 Å². The fourth-order valence-corrected chi connectivity index (χ4v) is 2.25. The van der Waals surface area contributed by atoms with Crippen LogP contribution in [0, 0.1) is 12.3 Å². The van der Waals surface area contributed by atoms with Crippen molar-refractivity contribution in [1.82, 2.24) is 10.2 Å². The Hall–Kier alpha value is -2.09. The maximum atomic E-state index is 11.6. The van der Waals surface area contributed by atoms with Crippen LogP contribution in [0.1, 0.15) is 48.8 Å². The van der Waals surface area contributed by atoms with Crippen LogP contribution in [0.5, 0.6) is 0 Å². The number of hydrogen-bond donors (Lipinski definition) is 1. The average molecular weight is 275 g/mol. The van der Waals surface area contributed by atoms with Crippen LogP contribution in [0.2, 0.25) is 0 Å². The summed E-state index contributed by atoms with van der Waals surface area (Å²) in [6.45, 7) is 6.88. The molecule has 5 heteroatoms. The van der Waals surface area contributed by atoms with Crippen molar-refractivity contribution in [3.8, 4) is 12.3 Å². The molecule has 0 radical (unpaired) electrons. The van der Waals surface area contributed by atoms with Crippen LogP contribution < -0.4 is 4.90 Å². The highest BCUT2D eigenvalue weighted by Crippen LogP contribution is 2.24. The molecule has 108 valence electrons. The van der Waals surface area contributed by atoms with Crippen LogP contribution in [-0.2, 0) is 12.8 Å². The molecule has 0 aromatic carbocycles. The van der Waals surface area contributed by atoms with Crippen molar-refractivity contribution in [3.05, 3.63) is 16.8 Å². The number of carbonyl (C=O) groups is 1. The van der Waals surface area contributed by atoms with Gasteiger partial charge >= 0.3 is 5.97 Å². The van der Waals surface area contributed by atoms with Crippen molar-refractivity contribution in [1.29, 1.82) is 0 Å². The summed E-state index contributed by atoms with van der Waals surface area (Å²) in [7, 11) is 0. The van der Waals surface area contributed by atoms with Crippen molar-refractivity contribution in [2.75, 3.05) is 18.0 Å². The fraction of sp³-hybridized carbons (Fsp3) is 0.533. The summed E-state index contributed by atoms with van der Waals surface area (Å²) in [6.07, 6.45) is 7.50. The number of aryl methyl sites for hydroxylation is 1. The second kappa shape index (κ2) is 7.49. The molecule has 1 aromatic rings. The molecule has 0 fully saturated rings. The first-order valence-electron chi connectivity index (χ1n) is 6.90. The maximum absolute atomic E-state index is 11.6. The third-order valence-corrected chi connectivity index (χ3v) is 3.12. The molecule has 0 bridgehead atoms. The van der Waals surface area contributed by atoms with E-state index in [1.807, 2.05) is 20.8 Å². The fourth-order valence-electron chi connectivity index (χ4n) is 2.25. The van der Waals surface area contributed by atoms with Gasteiger partial charge in [-0.15, -0.1) is 11.5 Å². The Labute approximate surface area is 120 Å². The Kier molecular flexibility index (Phi) is 5.98. The largest absolute Gasteiger partial charge is 0.478 e. The molecule has 1 heterocycles. The molecule has 0 aliphatic carbocycles. The van der Waals surface area contributed by atoms with E-state index in [0.29, 0.717) is 31.7 Å². The molecular formula is C15H21N3O2. The van der Waals surface area contributed by atoms with Crippen molar-refractivity contribution in [3.63, 3.8) is 0 Å². The summed E-state index contributed by atoms with van der Waals surface area (Å²) in [5, 5.41) is 17.8. The lowest BCUT2D eigenvalue weighted by Gasteiger charge is -2.23. The van der Waals surface area contributed by atoms with Crippen molar-refractivity contribution >= 4 is 11.8 Å². The van der Waals surface area contributed by atoms with E-state index in [0.717, 1.165) is 17.7 Å². The van der Waals surface area contributed by atoms with Gasteiger partial charge in [0.05, 0.1) is 12.2 Å². The van der Waals surface area contributed by atoms with Crippen LogP contribution in [0.15, 0.2) is 0 Å². The molecule has 0 spiro atoms. The summed E-state index contributed by atoms with van der Waals surface area (Å²) in [5.41, 5.74) is 1.73. The summed E-state index contributed by atoms with van der Waals surface area (Å²) in [4.78, 5) is 13.4. The third-order valence-electron chi connectivity index (χ3n) is 3.12. The van der Waals surface area contributed by atoms with E-state index >= 15 is 0 Å². The van der Waals surface area contributed by atoms with E-state index in [2.05, 4.69) is 16.1 Å². The number of carboxylic acid groups (broad SMARTS) is 1. The number of rotatable bonds is 7. The van der Waals surface area contributed by atoms with Gasteiger partial charge in [-0.3, -0.25) is 0 Å². The lowest BCUT2D eigenvalue weighted by molar-refractivity contribution is 0.0695. The Morgan fingerprint density at radius 2 is 2.00 bits per heavy atom. The highest BCUT2D eigenvalue weighted by molar-refractivity contribution is 5.95. The van der Waals surface area contributed by atoms with E-state index in [9.17, 15) is 9.90 Å². The van der Waals surface area contributed by atoms with E-state index < -0.39 is 5.97 Å². The summed E-state index contributed by atoms with van der Waals surface area (Å²) < 4.78 is 0. The smallest absolute Gasteiger partial charge is 0.339 e. The summed E-state index contributed by atoms with van der Waals surface area (Å²) in [5.74, 6) is 1.96. The average Bonchev–Trinajstić information content (AvgIpc) is 2.45. The van der Waals surface area contributed by atoms with Gasteiger partial charge in [-0.25, -0.2) is 4.79 Å². The third kappa shape index (κ3) is 3.27. The SMILES string of the molecule is C#CCN(CCC)c1nnc(CC)c(CC)c1C(=O)O. The molecule has 0 atom stereocenters. The van der Waals surface area contributed by atoms with Gasteiger partial charge in [0.25, 0.3) is 0 Å². The predicted octanol–water partition coefficient (Wildman–Crippen LogP) is 2.15. The zero-order chi connectivity index (χ0) is 15.1. The highest BCUT2D eigenvalue weighted by atomic mass is 16.4. The minimum absolute atomic E-state index is 0.239. The van der Waals surface area contributed by atoms with E-state index in [-0.39, 0.29) is 5.56 Å². The first-order valence-corrected chi connectivity index (χ1v) is 6.90. The number of anilines is 1. The molecule has 0 amide bonds. The van der Waals surface area contributed by atoms with E-state index in [1.165, 1.54) is 0 Å². The van der Waals surface area contributed by atoms with Gasteiger partial charge < -0.3 is 10.0 Å². The van der Waals surface area contributed by atoms with Crippen LogP contribution in [0.4, 0.5) is 5.82 Å². The zero-order valence-electron chi connectivity index (χ0n) is 12.3. The Morgan fingerprint density at radius 1 is 1.30 bits per heavy atom. The number of terminal acetylenes is 1. The quantitative estimate of drug-likeness (QED) is 0.772. The van der Waals surface area contributed by atoms with E-state index in [4.69, 9.17) is 6.42 Å². The molecular weight excluding hydrogens is 254 g/mol. The minimum Gasteiger partial charge on any atom is -0.478 e. The molecule has 1 N–H and O–H groups in total. The van der Waals surface area contributed by atoms with Crippen molar-refractivity contribution in [2.24, 2.45) is 0 Å². The second-order valence-electron chi connectivity index (χ2n) is 4.46. The normalized spacial score (nSPS) is 10.1. The lowest BCUT2D eigenvalue weighted by atomic mass is 10.0. The molecule has 0 unspecified atom stereocenters. The molecule has 0 saturated heterocycles. The Morgan fingerprint density at radius 3 is 2.45 bits per heavy atom. The number of carboxylic acids is 1. The predicted molar refractivity (Wildman–Crippen MR) is 79.1 cm³/mol. The first-order chi connectivity index (χ1) is 9.60. The number of aromatic carboxylic acids is 1. The summed E-state index contributed by atoms with van der Waals surface area (Å²) in [6, 6.07) is 0. The summed E-state index contributed by atoms with van der Waals surface area (Å²) >= 11 is 0. The Balaban J connectivity index is 3.45. The molecule has 0 saturated carbocycles. The molecule has 1 rings (SSSR count). The lowest BCUT2D eigenvalue weighted by Crippen LogP contribution is -2.29. The first kappa shape index (κ1) is 16.0. The zero-order valence-corrected chi connectivity index (χ0v) is 12.3. The molecule has 20 heavy (non-hydrogen) atoms. The molecule has 0 aliphatic heterocycles. The van der Waals surface area contributed by atoms with Gasteiger partial charge in [-0.05, 0) is 24.8 Å². The standard InChI is InChI=1S/C15H21N3O2/c1-5-9-18(10-6-2)14-13(15(19)20)11(7-3)12(8-4)16-17-14/h1H,6-10H2,2-4H3,(H,19,20). The number of hydrogen-bond acceptors (Lipinski definition) is 4. The maximum Gasteiger partial charge on any atom is 0.339 e. The van der Waals surface area contributed by atoms with Crippen LogP contribution >= 0.6 is 0 Å². The van der Waals surface area contributed by atoms with Crippen LogP contribution in [0.3, 0.4) is 0 Å². The molecule has 5 nitrogen and oxygen atoms in total. The van der Waals surface area contributed by atoms with Crippen LogP contribution in [-0.4, -0.2) is 34.4 Å². The van der Waals surface area contributed by atoms with Crippen molar-refractivity contribution in [2.45, 2.75) is 40.0 Å². The molecule has 1 aromatic heterocycles. The monoisotopic (exact) mass is 275 g/mol. The highest BCUT2D eigenvalue weighted by Gasteiger charge is 2.23. The number of aromatic nitrogens is 2. The van der Waals surface area contributed by atoms with Gasteiger partial charge in [0, 0.05) is 6.54 Å². The van der Waals surface area contributed by atoms with Gasteiger partial charge in [0.1, 0.15) is 5.56 Å². The van der Waals surface area contributed by atoms with Gasteiger partial charge in [-0.1, -0.05) is 26.7 Å². The Bertz CT molecular complexity index is 521.